The first kappa shape index (κ1) is 26.5. The number of hydrogen-bond donors (Lipinski definition) is 3. The van der Waals surface area contributed by atoms with Crippen molar-refractivity contribution < 1.29 is 14.3 Å². The molecule has 0 aliphatic heterocycles. The Bertz CT molecular complexity index is 1430. The van der Waals surface area contributed by atoms with Crippen LogP contribution in [0.15, 0.2) is 79.1 Å². The van der Waals surface area contributed by atoms with Gasteiger partial charge in [-0.25, -0.2) is 0 Å². The third-order valence-corrected chi connectivity index (χ3v) is 7.86. The van der Waals surface area contributed by atoms with E-state index in [1.165, 1.54) is 6.42 Å². The molecule has 1 unspecified atom stereocenters. The molecule has 2 heterocycles. The number of H-pyrrole nitrogens is 1. The molecule has 2 aromatic carbocycles. The Morgan fingerprint density at radius 3 is 2.62 bits per heavy atom. The second-order valence-electron chi connectivity index (χ2n) is 10.7. The number of rotatable bonds is 9. The van der Waals surface area contributed by atoms with Gasteiger partial charge in [0.15, 0.2) is 0 Å². The van der Waals surface area contributed by atoms with Gasteiger partial charge in [-0.3, -0.25) is 14.6 Å². The lowest BCUT2D eigenvalue weighted by Gasteiger charge is -2.35. The van der Waals surface area contributed by atoms with Gasteiger partial charge < -0.3 is 20.4 Å². The zero-order chi connectivity index (χ0) is 27.2. The van der Waals surface area contributed by atoms with Gasteiger partial charge in [0.2, 0.25) is 5.91 Å². The average Bonchev–Trinajstić information content (AvgIpc) is 3.39. The van der Waals surface area contributed by atoms with Crippen LogP contribution in [0, 0.1) is 5.92 Å². The lowest BCUT2D eigenvalue weighted by molar-refractivity contribution is -0.128. The van der Waals surface area contributed by atoms with Gasteiger partial charge in [0.1, 0.15) is 11.3 Å². The lowest BCUT2D eigenvalue weighted by Crippen LogP contribution is -2.59. The van der Waals surface area contributed by atoms with Crippen LogP contribution < -0.4 is 15.4 Å². The molecule has 2 amide bonds. The topological polar surface area (TPSA) is 96.1 Å². The van der Waals surface area contributed by atoms with Gasteiger partial charge in [-0.1, -0.05) is 49.6 Å². The Kier molecular flexibility index (Phi) is 7.96. The fourth-order valence-electron chi connectivity index (χ4n) is 5.69. The van der Waals surface area contributed by atoms with Crippen LogP contribution >= 0.6 is 0 Å². The third-order valence-electron chi connectivity index (χ3n) is 7.86. The van der Waals surface area contributed by atoms with Crippen LogP contribution in [0.3, 0.4) is 0 Å². The fourth-order valence-corrected chi connectivity index (χ4v) is 5.69. The minimum Gasteiger partial charge on any atom is -0.497 e. The molecule has 0 saturated heterocycles. The molecule has 0 bridgehead atoms. The highest BCUT2D eigenvalue weighted by Gasteiger charge is 2.39. The van der Waals surface area contributed by atoms with Gasteiger partial charge in [0.25, 0.3) is 5.91 Å². The molecule has 202 valence electrons. The van der Waals surface area contributed by atoms with Crippen molar-refractivity contribution in [1.29, 1.82) is 0 Å². The van der Waals surface area contributed by atoms with E-state index < -0.39 is 5.54 Å². The molecule has 39 heavy (non-hydrogen) atoms. The smallest absolute Gasteiger partial charge is 0.252 e. The molecule has 5 rings (SSSR count). The SMILES string of the molecule is COc1cccc(C(=O)N[C@@](C)(Cc2c[nH]c3ccccc23)C(=O)NC(c2ccccn2)C2CCCCC2)c1. The standard InChI is InChI=1S/C32H36N4O3/c1-32(20-24-21-34-27-16-7-6-15-26(24)27,36-30(37)23-13-10-14-25(19-23)39-2)31(38)35-29(22-11-4-3-5-12-22)28-17-8-9-18-33-28/h6-10,13-19,21-22,29,34H,3-5,11-12,20H2,1-2H3,(H,35,38)(H,36,37)/t29?,32-/m0/s1. The van der Waals surface area contributed by atoms with E-state index in [-0.39, 0.29) is 17.9 Å². The second kappa shape index (κ2) is 11.7. The quantitative estimate of drug-likeness (QED) is 0.260. The van der Waals surface area contributed by atoms with Gasteiger partial charge in [-0.05, 0) is 67.6 Å². The van der Waals surface area contributed by atoms with Crippen molar-refractivity contribution in [2.75, 3.05) is 7.11 Å². The predicted octanol–water partition coefficient (Wildman–Crippen LogP) is 5.74. The number of aromatic nitrogens is 2. The molecule has 1 fully saturated rings. The predicted molar refractivity (Wildman–Crippen MR) is 153 cm³/mol. The second-order valence-corrected chi connectivity index (χ2v) is 10.7. The summed E-state index contributed by atoms with van der Waals surface area (Å²) in [4.78, 5) is 35.7. The van der Waals surface area contributed by atoms with E-state index in [1.54, 1.807) is 44.5 Å². The van der Waals surface area contributed by atoms with E-state index in [9.17, 15) is 9.59 Å². The molecule has 0 radical (unpaired) electrons. The van der Waals surface area contributed by atoms with E-state index in [2.05, 4.69) is 20.6 Å². The summed E-state index contributed by atoms with van der Waals surface area (Å²) >= 11 is 0. The Morgan fingerprint density at radius 2 is 1.85 bits per heavy atom. The van der Waals surface area contributed by atoms with E-state index in [0.29, 0.717) is 23.7 Å². The van der Waals surface area contributed by atoms with Crippen molar-refractivity contribution in [2.24, 2.45) is 5.92 Å². The van der Waals surface area contributed by atoms with Crippen molar-refractivity contribution >= 4 is 22.7 Å². The molecule has 1 saturated carbocycles. The van der Waals surface area contributed by atoms with Crippen molar-refractivity contribution in [3.63, 3.8) is 0 Å². The number of hydrogen-bond acceptors (Lipinski definition) is 4. The Balaban J connectivity index is 1.48. The maximum Gasteiger partial charge on any atom is 0.252 e. The number of para-hydroxylation sites is 1. The van der Waals surface area contributed by atoms with E-state index in [4.69, 9.17) is 4.74 Å². The molecule has 1 aliphatic rings. The molecule has 4 aromatic rings. The minimum absolute atomic E-state index is 0.227. The van der Waals surface area contributed by atoms with Gasteiger partial charge in [0, 0.05) is 35.3 Å². The summed E-state index contributed by atoms with van der Waals surface area (Å²) in [6, 6.07) is 20.5. The molecular formula is C32H36N4O3. The van der Waals surface area contributed by atoms with E-state index in [0.717, 1.165) is 47.8 Å². The zero-order valence-electron chi connectivity index (χ0n) is 22.6. The normalized spacial score (nSPS) is 16.3. The van der Waals surface area contributed by atoms with Crippen LogP contribution in [0.4, 0.5) is 0 Å². The van der Waals surface area contributed by atoms with Gasteiger partial charge >= 0.3 is 0 Å². The number of ether oxygens (including phenoxy) is 1. The number of methoxy groups -OCH3 is 1. The van der Waals surface area contributed by atoms with E-state index >= 15 is 0 Å². The van der Waals surface area contributed by atoms with Crippen molar-refractivity contribution in [3.8, 4) is 5.75 Å². The highest BCUT2D eigenvalue weighted by molar-refractivity contribution is 6.00. The first-order valence-corrected chi connectivity index (χ1v) is 13.7. The van der Waals surface area contributed by atoms with Crippen LogP contribution in [-0.4, -0.2) is 34.4 Å². The number of pyridine rings is 1. The lowest BCUT2D eigenvalue weighted by atomic mass is 9.81. The van der Waals surface area contributed by atoms with Crippen molar-refractivity contribution in [2.45, 2.75) is 57.0 Å². The summed E-state index contributed by atoms with van der Waals surface area (Å²) in [5.74, 6) is 0.311. The Hall–Kier alpha value is -4.13. The van der Waals surface area contributed by atoms with Gasteiger partial charge in [-0.2, -0.15) is 0 Å². The summed E-state index contributed by atoms with van der Waals surface area (Å²) in [6.07, 6.45) is 9.59. The average molecular weight is 525 g/mol. The molecule has 3 N–H and O–H groups in total. The monoisotopic (exact) mass is 524 g/mol. The van der Waals surface area contributed by atoms with Crippen LogP contribution in [0.1, 0.15) is 66.7 Å². The van der Waals surface area contributed by atoms with Gasteiger partial charge in [0.05, 0.1) is 18.8 Å². The third kappa shape index (κ3) is 5.98. The van der Waals surface area contributed by atoms with E-state index in [1.807, 2.05) is 48.7 Å². The molecule has 1 aliphatic carbocycles. The summed E-state index contributed by atoms with van der Waals surface area (Å²) < 4.78 is 5.31. The van der Waals surface area contributed by atoms with Crippen LogP contribution in [0.25, 0.3) is 10.9 Å². The molecule has 2 atom stereocenters. The number of carbonyl (C=O) groups excluding carboxylic acids is 2. The molecule has 0 spiro atoms. The molecule has 2 aromatic heterocycles. The highest BCUT2D eigenvalue weighted by atomic mass is 16.5. The van der Waals surface area contributed by atoms with Crippen LogP contribution in [0.2, 0.25) is 0 Å². The minimum atomic E-state index is -1.23. The number of aromatic amines is 1. The van der Waals surface area contributed by atoms with Crippen LogP contribution in [0.5, 0.6) is 5.75 Å². The number of amides is 2. The highest BCUT2D eigenvalue weighted by Crippen LogP contribution is 2.34. The largest absolute Gasteiger partial charge is 0.497 e. The maximum atomic E-state index is 14.3. The summed E-state index contributed by atoms with van der Waals surface area (Å²) in [7, 11) is 1.56. The van der Waals surface area contributed by atoms with Crippen LogP contribution in [-0.2, 0) is 11.2 Å². The molecule has 7 heteroatoms. The Labute approximate surface area is 229 Å². The van der Waals surface area contributed by atoms with Crippen molar-refractivity contribution in [1.82, 2.24) is 20.6 Å². The Morgan fingerprint density at radius 1 is 1.05 bits per heavy atom. The number of benzene rings is 2. The van der Waals surface area contributed by atoms with Crippen molar-refractivity contribution in [3.05, 3.63) is 95.9 Å². The summed E-state index contributed by atoms with van der Waals surface area (Å²) in [5, 5.41) is 7.44. The first-order chi connectivity index (χ1) is 19.0. The zero-order valence-corrected chi connectivity index (χ0v) is 22.6. The number of nitrogens with one attached hydrogen (secondary N) is 3. The first-order valence-electron chi connectivity index (χ1n) is 13.7. The number of carbonyl (C=O) groups is 2. The van der Waals surface area contributed by atoms with Gasteiger partial charge in [-0.15, -0.1) is 0 Å². The number of fused-ring (bicyclic) bond motifs is 1. The fraction of sp³-hybridized carbons (Fsp3) is 0.344. The molecule has 7 nitrogen and oxygen atoms in total. The molecular weight excluding hydrogens is 488 g/mol. The summed E-state index contributed by atoms with van der Waals surface area (Å²) in [5.41, 5.74) is 2.00. The maximum absolute atomic E-state index is 14.3. The summed E-state index contributed by atoms with van der Waals surface area (Å²) in [6.45, 7) is 1.80. The number of nitrogens with zero attached hydrogens (tertiary/aromatic N) is 1.